The average molecular weight is 292 g/mol. The SMILES string of the molecule is CCCCCNc1ccc(Cn2ccnc2C)c(Cl)c1. The van der Waals surface area contributed by atoms with Crippen LogP contribution in [0.15, 0.2) is 30.6 Å². The van der Waals surface area contributed by atoms with E-state index in [9.17, 15) is 0 Å². The third kappa shape index (κ3) is 4.01. The van der Waals surface area contributed by atoms with E-state index in [1.54, 1.807) is 0 Å². The molecule has 0 saturated carbocycles. The zero-order valence-corrected chi connectivity index (χ0v) is 13.0. The summed E-state index contributed by atoms with van der Waals surface area (Å²) in [6.07, 6.45) is 7.49. The topological polar surface area (TPSA) is 29.9 Å². The number of hydrogen-bond donors (Lipinski definition) is 1. The Balaban J connectivity index is 1.97. The first-order chi connectivity index (χ1) is 9.70. The van der Waals surface area contributed by atoms with E-state index in [0.29, 0.717) is 0 Å². The molecule has 1 aromatic heterocycles. The predicted octanol–water partition coefficient (Wildman–Crippen LogP) is 4.50. The van der Waals surface area contributed by atoms with Gasteiger partial charge in [-0.3, -0.25) is 0 Å². The van der Waals surface area contributed by atoms with Crippen LogP contribution in [-0.4, -0.2) is 16.1 Å². The second kappa shape index (κ2) is 7.34. The summed E-state index contributed by atoms with van der Waals surface area (Å²) in [7, 11) is 0. The number of nitrogens with one attached hydrogen (secondary N) is 1. The van der Waals surface area contributed by atoms with Gasteiger partial charge in [0.25, 0.3) is 0 Å². The molecule has 20 heavy (non-hydrogen) atoms. The number of benzene rings is 1. The molecule has 108 valence electrons. The Labute approximate surface area is 126 Å². The predicted molar refractivity (Wildman–Crippen MR) is 85.5 cm³/mol. The van der Waals surface area contributed by atoms with E-state index in [2.05, 4.69) is 33.9 Å². The molecule has 0 unspecified atom stereocenters. The highest BCUT2D eigenvalue weighted by Gasteiger charge is 2.04. The first-order valence-corrected chi connectivity index (χ1v) is 7.58. The molecule has 0 atom stereocenters. The van der Waals surface area contributed by atoms with Crippen LogP contribution in [0.3, 0.4) is 0 Å². The molecule has 1 aromatic carbocycles. The number of aryl methyl sites for hydroxylation is 1. The first-order valence-electron chi connectivity index (χ1n) is 7.20. The molecule has 0 aliphatic heterocycles. The minimum atomic E-state index is 0.765. The molecule has 0 spiro atoms. The van der Waals surface area contributed by atoms with E-state index >= 15 is 0 Å². The van der Waals surface area contributed by atoms with Crippen LogP contribution in [0.1, 0.15) is 37.6 Å². The Hall–Kier alpha value is -1.48. The standard InChI is InChI=1S/C16H22ClN3/c1-3-4-5-8-19-15-7-6-14(16(17)11-15)12-20-10-9-18-13(20)2/h6-7,9-11,19H,3-5,8,12H2,1-2H3. The van der Waals surface area contributed by atoms with Gasteiger partial charge in [-0.05, 0) is 31.0 Å². The second-order valence-corrected chi connectivity index (χ2v) is 5.45. The summed E-state index contributed by atoms with van der Waals surface area (Å²) < 4.78 is 2.09. The number of hydrogen-bond acceptors (Lipinski definition) is 2. The van der Waals surface area contributed by atoms with Crippen molar-refractivity contribution < 1.29 is 0 Å². The smallest absolute Gasteiger partial charge is 0.105 e. The summed E-state index contributed by atoms with van der Waals surface area (Å²) in [4.78, 5) is 4.23. The van der Waals surface area contributed by atoms with Gasteiger partial charge in [0.1, 0.15) is 5.82 Å². The largest absolute Gasteiger partial charge is 0.385 e. The fourth-order valence-electron chi connectivity index (χ4n) is 2.15. The lowest BCUT2D eigenvalue weighted by atomic mass is 10.2. The quantitative estimate of drug-likeness (QED) is 0.762. The third-order valence-electron chi connectivity index (χ3n) is 3.43. The van der Waals surface area contributed by atoms with Crippen LogP contribution in [0, 0.1) is 6.92 Å². The van der Waals surface area contributed by atoms with Gasteiger partial charge in [-0.25, -0.2) is 4.98 Å². The molecule has 3 nitrogen and oxygen atoms in total. The van der Waals surface area contributed by atoms with Gasteiger partial charge in [-0.2, -0.15) is 0 Å². The van der Waals surface area contributed by atoms with Gasteiger partial charge in [0, 0.05) is 29.6 Å². The van der Waals surface area contributed by atoms with E-state index < -0.39 is 0 Å². The number of halogens is 1. The molecule has 2 rings (SSSR count). The second-order valence-electron chi connectivity index (χ2n) is 5.04. The minimum Gasteiger partial charge on any atom is -0.385 e. The van der Waals surface area contributed by atoms with Crippen molar-refractivity contribution in [3.8, 4) is 0 Å². The molecule has 0 radical (unpaired) electrons. The van der Waals surface area contributed by atoms with Crippen molar-refractivity contribution in [3.05, 3.63) is 47.0 Å². The monoisotopic (exact) mass is 291 g/mol. The maximum atomic E-state index is 6.36. The molecule has 0 saturated heterocycles. The minimum absolute atomic E-state index is 0.765. The van der Waals surface area contributed by atoms with Gasteiger partial charge >= 0.3 is 0 Å². The molecular formula is C16H22ClN3. The van der Waals surface area contributed by atoms with Crippen molar-refractivity contribution in [1.82, 2.24) is 9.55 Å². The number of anilines is 1. The Morgan fingerprint density at radius 1 is 1.30 bits per heavy atom. The van der Waals surface area contributed by atoms with Gasteiger partial charge in [0.15, 0.2) is 0 Å². The van der Waals surface area contributed by atoms with E-state index in [-0.39, 0.29) is 0 Å². The van der Waals surface area contributed by atoms with Crippen molar-refractivity contribution in [2.75, 3.05) is 11.9 Å². The van der Waals surface area contributed by atoms with Crippen molar-refractivity contribution >= 4 is 17.3 Å². The molecule has 1 N–H and O–H groups in total. The van der Waals surface area contributed by atoms with E-state index in [0.717, 1.165) is 35.2 Å². The summed E-state index contributed by atoms with van der Waals surface area (Å²) >= 11 is 6.36. The van der Waals surface area contributed by atoms with Gasteiger partial charge < -0.3 is 9.88 Å². The van der Waals surface area contributed by atoms with Gasteiger partial charge in [-0.1, -0.05) is 37.4 Å². The Kier molecular flexibility index (Phi) is 5.48. The van der Waals surface area contributed by atoms with Crippen LogP contribution in [0.4, 0.5) is 5.69 Å². The Morgan fingerprint density at radius 2 is 2.15 bits per heavy atom. The molecule has 0 aliphatic rings. The summed E-state index contributed by atoms with van der Waals surface area (Å²) in [5, 5.41) is 4.22. The van der Waals surface area contributed by atoms with Crippen LogP contribution in [-0.2, 0) is 6.54 Å². The number of rotatable bonds is 7. The molecule has 0 aliphatic carbocycles. The molecular weight excluding hydrogens is 270 g/mol. The van der Waals surface area contributed by atoms with Crippen LogP contribution < -0.4 is 5.32 Å². The van der Waals surface area contributed by atoms with E-state index in [1.165, 1.54) is 19.3 Å². The molecule has 0 fully saturated rings. The van der Waals surface area contributed by atoms with Crippen molar-refractivity contribution in [2.45, 2.75) is 39.7 Å². The number of unbranched alkanes of at least 4 members (excludes halogenated alkanes) is 2. The number of aromatic nitrogens is 2. The highest BCUT2D eigenvalue weighted by molar-refractivity contribution is 6.31. The number of nitrogens with zero attached hydrogens (tertiary/aromatic N) is 2. The van der Waals surface area contributed by atoms with E-state index in [4.69, 9.17) is 11.6 Å². The summed E-state index contributed by atoms with van der Waals surface area (Å²) in [6.45, 7) is 5.98. The van der Waals surface area contributed by atoms with Crippen LogP contribution in [0.5, 0.6) is 0 Å². The lowest BCUT2D eigenvalue weighted by Crippen LogP contribution is -2.04. The lowest BCUT2D eigenvalue weighted by molar-refractivity contribution is 0.743. The molecule has 4 heteroatoms. The fraction of sp³-hybridized carbons (Fsp3) is 0.438. The van der Waals surface area contributed by atoms with Crippen LogP contribution in [0.25, 0.3) is 0 Å². The van der Waals surface area contributed by atoms with E-state index in [1.807, 2.05) is 25.4 Å². The zero-order valence-electron chi connectivity index (χ0n) is 12.2. The maximum Gasteiger partial charge on any atom is 0.105 e. The lowest BCUT2D eigenvalue weighted by Gasteiger charge is -2.11. The van der Waals surface area contributed by atoms with Crippen molar-refractivity contribution in [3.63, 3.8) is 0 Å². The Bertz CT molecular complexity index is 548. The summed E-state index contributed by atoms with van der Waals surface area (Å²) in [5.74, 6) is 1.00. The molecule has 0 amide bonds. The normalized spacial score (nSPS) is 10.8. The molecule has 2 aromatic rings. The number of imidazole rings is 1. The maximum absolute atomic E-state index is 6.36. The van der Waals surface area contributed by atoms with Gasteiger partial charge in [0.2, 0.25) is 0 Å². The molecule has 1 heterocycles. The summed E-state index contributed by atoms with van der Waals surface area (Å²) in [6, 6.07) is 6.19. The highest BCUT2D eigenvalue weighted by atomic mass is 35.5. The summed E-state index contributed by atoms with van der Waals surface area (Å²) in [5.41, 5.74) is 2.21. The highest BCUT2D eigenvalue weighted by Crippen LogP contribution is 2.22. The first kappa shape index (κ1) is 14.9. The fourth-order valence-corrected chi connectivity index (χ4v) is 2.39. The Morgan fingerprint density at radius 3 is 2.80 bits per heavy atom. The van der Waals surface area contributed by atoms with Gasteiger partial charge in [0.05, 0.1) is 6.54 Å². The molecule has 0 bridgehead atoms. The van der Waals surface area contributed by atoms with Crippen molar-refractivity contribution in [2.24, 2.45) is 0 Å². The average Bonchev–Trinajstić information content (AvgIpc) is 2.83. The zero-order chi connectivity index (χ0) is 14.4. The van der Waals surface area contributed by atoms with Gasteiger partial charge in [-0.15, -0.1) is 0 Å². The van der Waals surface area contributed by atoms with Crippen LogP contribution >= 0.6 is 11.6 Å². The van der Waals surface area contributed by atoms with Crippen molar-refractivity contribution in [1.29, 1.82) is 0 Å². The third-order valence-corrected chi connectivity index (χ3v) is 3.78. The van der Waals surface area contributed by atoms with Crippen LogP contribution in [0.2, 0.25) is 5.02 Å².